The topological polar surface area (TPSA) is 74.6 Å². The summed E-state index contributed by atoms with van der Waals surface area (Å²) in [5, 5.41) is 17.0. The number of aliphatic hydroxyl groups is 2. The Bertz CT molecular complexity index is 125. The zero-order chi connectivity index (χ0) is 7.98. The largest absolute Gasteiger partial charge is 0.382 e. The predicted octanol–water partition coefficient (Wildman–Crippen LogP) is -1.34. The van der Waals surface area contributed by atoms with Crippen LogP contribution in [0.3, 0.4) is 0 Å². The normalized spacial score (nSPS) is 16.6. The highest BCUT2D eigenvalue weighted by atomic mass is 16.3. The van der Waals surface area contributed by atoms with Gasteiger partial charge in [0.2, 0.25) is 0 Å². The molecule has 0 rings (SSSR count). The Balaban J connectivity index is 3.73. The van der Waals surface area contributed by atoms with Crippen LogP contribution in [0.4, 0.5) is 0 Å². The quantitative estimate of drug-likeness (QED) is 0.378. The summed E-state index contributed by atoms with van der Waals surface area (Å²) in [6.45, 7) is 0. The minimum atomic E-state index is -1.24. The van der Waals surface area contributed by atoms with Gasteiger partial charge >= 0.3 is 0 Å². The van der Waals surface area contributed by atoms with Crippen molar-refractivity contribution >= 4 is 12.6 Å². The maximum absolute atomic E-state index is 9.73. The van der Waals surface area contributed by atoms with E-state index in [1.54, 1.807) is 0 Å². The van der Waals surface area contributed by atoms with Crippen LogP contribution in [0.2, 0.25) is 0 Å². The van der Waals surface area contributed by atoms with Crippen LogP contribution in [0.15, 0.2) is 12.2 Å². The van der Waals surface area contributed by atoms with Crippen molar-refractivity contribution in [2.75, 3.05) is 0 Å². The zero-order valence-electron chi connectivity index (χ0n) is 5.18. The fraction of sp³-hybridized carbons (Fsp3) is 0.333. The van der Waals surface area contributed by atoms with Crippen LogP contribution in [0.25, 0.3) is 0 Å². The molecule has 0 aliphatic carbocycles. The summed E-state index contributed by atoms with van der Waals surface area (Å²) in [4.78, 5) is 19.5. The van der Waals surface area contributed by atoms with Crippen molar-refractivity contribution in [3.8, 4) is 0 Å². The Kier molecular flexibility index (Phi) is 4.36. The molecule has 56 valence electrons. The molecule has 0 spiro atoms. The van der Waals surface area contributed by atoms with Crippen LogP contribution >= 0.6 is 0 Å². The Labute approximate surface area is 57.8 Å². The van der Waals surface area contributed by atoms with E-state index >= 15 is 0 Å². The third kappa shape index (κ3) is 3.94. The molecule has 0 saturated carbocycles. The van der Waals surface area contributed by atoms with Crippen molar-refractivity contribution in [2.24, 2.45) is 0 Å². The van der Waals surface area contributed by atoms with Gasteiger partial charge in [-0.05, 0) is 0 Å². The SMILES string of the molecule is O=CC(O)/C=C/C(O)C=O. The van der Waals surface area contributed by atoms with Crippen molar-refractivity contribution in [1.29, 1.82) is 0 Å². The summed E-state index contributed by atoms with van der Waals surface area (Å²) in [5.74, 6) is 0. The summed E-state index contributed by atoms with van der Waals surface area (Å²) in [7, 11) is 0. The van der Waals surface area contributed by atoms with Crippen molar-refractivity contribution < 1.29 is 19.8 Å². The molecular formula is C6H8O4. The molecule has 0 aromatic heterocycles. The second kappa shape index (κ2) is 4.84. The Hall–Kier alpha value is -1.00. The number of hydrogen-bond donors (Lipinski definition) is 2. The van der Waals surface area contributed by atoms with E-state index in [0.717, 1.165) is 12.2 Å². The summed E-state index contributed by atoms with van der Waals surface area (Å²) in [6, 6.07) is 0. The summed E-state index contributed by atoms with van der Waals surface area (Å²) in [6.07, 6.45) is 0.157. The molecule has 0 bridgehead atoms. The van der Waals surface area contributed by atoms with E-state index in [9.17, 15) is 9.59 Å². The first-order valence-corrected chi connectivity index (χ1v) is 2.65. The summed E-state index contributed by atoms with van der Waals surface area (Å²) in [5.41, 5.74) is 0. The van der Waals surface area contributed by atoms with Gasteiger partial charge in [0, 0.05) is 0 Å². The molecule has 0 aromatic rings. The third-order valence-corrected chi connectivity index (χ3v) is 0.784. The summed E-state index contributed by atoms with van der Waals surface area (Å²) < 4.78 is 0. The van der Waals surface area contributed by atoms with Gasteiger partial charge in [-0.2, -0.15) is 0 Å². The van der Waals surface area contributed by atoms with E-state index in [-0.39, 0.29) is 12.6 Å². The number of carbonyl (C=O) groups is 2. The lowest BCUT2D eigenvalue weighted by molar-refractivity contribution is -0.114. The Morgan fingerprint density at radius 1 is 0.900 bits per heavy atom. The molecule has 0 aromatic carbocycles. The zero-order valence-corrected chi connectivity index (χ0v) is 5.18. The van der Waals surface area contributed by atoms with E-state index in [1.165, 1.54) is 0 Å². The molecule has 0 saturated heterocycles. The van der Waals surface area contributed by atoms with Crippen LogP contribution in [0, 0.1) is 0 Å². The van der Waals surface area contributed by atoms with E-state index < -0.39 is 12.2 Å². The van der Waals surface area contributed by atoms with Gasteiger partial charge in [0.15, 0.2) is 12.6 Å². The molecule has 2 N–H and O–H groups in total. The van der Waals surface area contributed by atoms with Gasteiger partial charge in [-0.1, -0.05) is 12.2 Å². The van der Waals surface area contributed by atoms with Crippen molar-refractivity contribution in [3.05, 3.63) is 12.2 Å². The molecule has 0 radical (unpaired) electrons. The number of aldehydes is 2. The van der Waals surface area contributed by atoms with Crippen molar-refractivity contribution in [1.82, 2.24) is 0 Å². The lowest BCUT2D eigenvalue weighted by atomic mass is 10.3. The second-order valence-electron chi connectivity index (χ2n) is 1.64. The second-order valence-corrected chi connectivity index (χ2v) is 1.64. The minimum Gasteiger partial charge on any atom is -0.382 e. The Morgan fingerprint density at radius 3 is 1.40 bits per heavy atom. The van der Waals surface area contributed by atoms with Gasteiger partial charge in [0.05, 0.1) is 0 Å². The molecule has 4 heteroatoms. The van der Waals surface area contributed by atoms with Gasteiger partial charge in [0.25, 0.3) is 0 Å². The molecular weight excluding hydrogens is 136 g/mol. The van der Waals surface area contributed by atoms with Crippen molar-refractivity contribution in [3.63, 3.8) is 0 Å². The predicted molar refractivity (Wildman–Crippen MR) is 33.3 cm³/mol. The fourth-order valence-electron chi connectivity index (χ4n) is 0.318. The molecule has 2 atom stereocenters. The average Bonchev–Trinajstić information content (AvgIpc) is 1.99. The molecule has 0 aliphatic rings. The van der Waals surface area contributed by atoms with E-state index in [1.807, 2.05) is 0 Å². The average molecular weight is 144 g/mol. The first kappa shape index (κ1) is 9.00. The standard InChI is InChI=1S/C6H8O4/c7-3-5(9)1-2-6(10)4-8/h1-6,9-10H/b2-1+. The number of aliphatic hydroxyl groups excluding tert-OH is 2. The third-order valence-electron chi connectivity index (χ3n) is 0.784. The van der Waals surface area contributed by atoms with E-state index in [4.69, 9.17) is 10.2 Å². The van der Waals surface area contributed by atoms with Gasteiger partial charge in [0.1, 0.15) is 12.2 Å². The first-order chi connectivity index (χ1) is 4.70. The smallest absolute Gasteiger partial charge is 0.152 e. The van der Waals surface area contributed by atoms with E-state index in [2.05, 4.69) is 0 Å². The summed E-state index contributed by atoms with van der Waals surface area (Å²) >= 11 is 0. The lowest BCUT2D eigenvalue weighted by Crippen LogP contribution is -2.07. The van der Waals surface area contributed by atoms with Crippen LogP contribution in [-0.2, 0) is 9.59 Å². The van der Waals surface area contributed by atoms with Crippen molar-refractivity contribution in [2.45, 2.75) is 12.2 Å². The minimum absolute atomic E-state index is 0.286. The highest BCUT2D eigenvalue weighted by Gasteiger charge is 1.96. The van der Waals surface area contributed by atoms with Gasteiger partial charge < -0.3 is 19.8 Å². The van der Waals surface area contributed by atoms with Gasteiger partial charge in [-0.25, -0.2) is 0 Å². The molecule has 0 amide bonds. The molecule has 2 unspecified atom stereocenters. The van der Waals surface area contributed by atoms with E-state index in [0.29, 0.717) is 0 Å². The number of hydrogen-bond acceptors (Lipinski definition) is 4. The number of rotatable bonds is 4. The molecule has 4 nitrogen and oxygen atoms in total. The van der Waals surface area contributed by atoms with Crippen LogP contribution in [0.5, 0.6) is 0 Å². The first-order valence-electron chi connectivity index (χ1n) is 2.65. The number of carbonyl (C=O) groups excluding carboxylic acids is 2. The maximum atomic E-state index is 9.73. The van der Waals surface area contributed by atoms with Crippen LogP contribution < -0.4 is 0 Å². The Morgan fingerprint density at radius 2 is 1.20 bits per heavy atom. The molecule has 0 fully saturated rings. The lowest BCUT2D eigenvalue weighted by Gasteiger charge is -1.93. The van der Waals surface area contributed by atoms with Gasteiger partial charge in [-0.3, -0.25) is 0 Å². The fourth-order valence-corrected chi connectivity index (χ4v) is 0.318. The highest BCUT2D eigenvalue weighted by Crippen LogP contribution is 1.84. The molecule has 0 heterocycles. The van der Waals surface area contributed by atoms with Crippen LogP contribution in [-0.4, -0.2) is 35.0 Å². The highest BCUT2D eigenvalue weighted by molar-refractivity contribution is 5.61. The molecule has 0 aliphatic heterocycles. The monoisotopic (exact) mass is 144 g/mol. The molecule has 10 heavy (non-hydrogen) atoms. The van der Waals surface area contributed by atoms with Gasteiger partial charge in [-0.15, -0.1) is 0 Å². The maximum Gasteiger partial charge on any atom is 0.152 e. The van der Waals surface area contributed by atoms with Crippen LogP contribution in [0.1, 0.15) is 0 Å².